The van der Waals surface area contributed by atoms with Crippen molar-refractivity contribution in [3.8, 4) is 0 Å². The molecule has 0 radical (unpaired) electrons. The lowest BCUT2D eigenvalue weighted by Crippen LogP contribution is -2.40. The van der Waals surface area contributed by atoms with E-state index in [4.69, 9.17) is 0 Å². The number of hydrogen-bond acceptors (Lipinski definition) is 2. The lowest BCUT2D eigenvalue weighted by molar-refractivity contribution is -0.0379. The number of rotatable bonds is 2. The molecule has 2 aromatic rings. The lowest BCUT2D eigenvalue weighted by atomic mass is 9.68. The maximum atomic E-state index is 10.9. The normalized spacial score (nSPS) is 26.7. The molecule has 1 aliphatic rings. The Bertz CT molecular complexity index is 584. The summed E-state index contributed by atoms with van der Waals surface area (Å²) in [7, 11) is 0. The summed E-state index contributed by atoms with van der Waals surface area (Å²) < 4.78 is 1.33. The van der Waals surface area contributed by atoms with E-state index < -0.39 is 5.60 Å². The molecule has 1 unspecified atom stereocenters. The highest BCUT2D eigenvalue weighted by atomic mass is 32.1. The van der Waals surface area contributed by atoms with E-state index in [2.05, 4.69) is 43.5 Å². The van der Waals surface area contributed by atoms with Gasteiger partial charge >= 0.3 is 0 Å². The summed E-state index contributed by atoms with van der Waals surface area (Å²) in [6, 6.07) is 8.52. The SMILES string of the molecule is CC1(C)CCCC(O)(Cc2csc3ccccc23)C1. The Balaban J connectivity index is 1.88. The van der Waals surface area contributed by atoms with E-state index in [9.17, 15) is 5.11 Å². The van der Waals surface area contributed by atoms with Crippen LogP contribution in [-0.4, -0.2) is 10.7 Å². The molecule has 0 amide bonds. The maximum Gasteiger partial charge on any atom is 0.0693 e. The van der Waals surface area contributed by atoms with Gasteiger partial charge in [0.15, 0.2) is 0 Å². The first-order chi connectivity index (χ1) is 8.98. The predicted octanol–water partition coefficient (Wildman–Crippen LogP) is 4.78. The Labute approximate surface area is 119 Å². The zero-order valence-electron chi connectivity index (χ0n) is 11.8. The van der Waals surface area contributed by atoms with Crippen molar-refractivity contribution in [3.63, 3.8) is 0 Å². The fourth-order valence-electron chi connectivity index (χ4n) is 3.64. The molecule has 1 aromatic heterocycles. The molecule has 1 aromatic carbocycles. The molecular formula is C17H22OS. The van der Waals surface area contributed by atoms with Crippen molar-refractivity contribution < 1.29 is 5.11 Å². The van der Waals surface area contributed by atoms with Crippen LogP contribution in [0.5, 0.6) is 0 Å². The summed E-state index contributed by atoms with van der Waals surface area (Å²) in [4.78, 5) is 0. The zero-order valence-corrected chi connectivity index (χ0v) is 12.6. The Kier molecular flexibility index (Phi) is 3.18. The van der Waals surface area contributed by atoms with Crippen LogP contribution in [0, 0.1) is 5.41 Å². The van der Waals surface area contributed by atoms with E-state index >= 15 is 0 Å². The van der Waals surface area contributed by atoms with E-state index in [-0.39, 0.29) is 5.41 Å². The van der Waals surface area contributed by atoms with Gasteiger partial charge in [-0.1, -0.05) is 38.5 Å². The first-order valence-electron chi connectivity index (χ1n) is 7.15. The van der Waals surface area contributed by atoms with Crippen LogP contribution >= 0.6 is 11.3 Å². The minimum atomic E-state index is -0.508. The molecule has 1 N–H and O–H groups in total. The Morgan fingerprint density at radius 1 is 1.21 bits per heavy atom. The van der Waals surface area contributed by atoms with Crippen LogP contribution in [0.3, 0.4) is 0 Å². The maximum absolute atomic E-state index is 10.9. The molecule has 0 aliphatic heterocycles. The van der Waals surface area contributed by atoms with E-state index in [0.29, 0.717) is 0 Å². The minimum absolute atomic E-state index is 0.277. The summed E-state index contributed by atoms with van der Waals surface area (Å²) >= 11 is 1.79. The number of fused-ring (bicyclic) bond motifs is 1. The Hall–Kier alpha value is -0.860. The van der Waals surface area contributed by atoms with Gasteiger partial charge in [0.25, 0.3) is 0 Å². The molecule has 1 fully saturated rings. The van der Waals surface area contributed by atoms with Gasteiger partial charge in [-0.05, 0) is 47.1 Å². The third kappa shape index (κ3) is 2.70. The predicted molar refractivity (Wildman–Crippen MR) is 82.7 cm³/mol. The highest BCUT2D eigenvalue weighted by Crippen LogP contribution is 2.43. The number of hydrogen-bond donors (Lipinski definition) is 1. The van der Waals surface area contributed by atoms with E-state index in [1.807, 2.05) is 0 Å². The molecule has 102 valence electrons. The minimum Gasteiger partial charge on any atom is -0.390 e. The van der Waals surface area contributed by atoms with Crippen LogP contribution in [0.4, 0.5) is 0 Å². The van der Waals surface area contributed by atoms with Gasteiger partial charge in [0, 0.05) is 11.1 Å². The zero-order chi connectivity index (χ0) is 13.5. The molecule has 0 bridgehead atoms. The first kappa shape index (κ1) is 13.1. The number of aliphatic hydroxyl groups is 1. The quantitative estimate of drug-likeness (QED) is 0.836. The van der Waals surface area contributed by atoms with Crippen LogP contribution in [0.1, 0.15) is 45.1 Å². The van der Waals surface area contributed by atoms with Gasteiger partial charge in [0.05, 0.1) is 5.60 Å². The van der Waals surface area contributed by atoms with Crippen molar-refractivity contribution in [1.82, 2.24) is 0 Å². The van der Waals surface area contributed by atoms with Gasteiger partial charge in [-0.2, -0.15) is 0 Å². The standard InChI is InChI=1S/C17H22OS/c1-16(2)8-5-9-17(18,12-16)10-13-11-19-15-7-4-3-6-14(13)15/h3-4,6-7,11,18H,5,8-10,12H2,1-2H3. The van der Waals surface area contributed by atoms with Crippen molar-refractivity contribution >= 4 is 21.4 Å². The molecule has 1 aliphatic carbocycles. The van der Waals surface area contributed by atoms with Crippen molar-refractivity contribution in [3.05, 3.63) is 35.2 Å². The fraction of sp³-hybridized carbons (Fsp3) is 0.529. The van der Waals surface area contributed by atoms with Crippen molar-refractivity contribution in [1.29, 1.82) is 0 Å². The van der Waals surface area contributed by atoms with Gasteiger partial charge < -0.3 is 5.11 Å². The van der Waals surface area contributed by atoms with E-state index in [1.54, 1.807) is 11.3 Å². The highest BCUT2D eigenvalue weighted by Gasteiger charge is 2.38. The van der Waals surface area contributed by atoms with Crippen LogP contribution in [-0.2, 0) is 6.42 Å². The van der Waals surface area contributed by atoms with Gasteiger partial charge in [-0.25, -0.2) is 0 Å². The van der Waals surface area contributed by atoms with Crippen molar-refractivity contribution in [2.75, 3.05) is 0 Å². The molecule has 19 heavy (non-hydrogen) atoms. The second kappa shape index (κ2) is 4.60. The lowest BCUT2D eigenvalue weighted by Gasteiger charge is -2.41. The van der Waals surface area contributed by atoms with Gasteiger partial charge in [0.1, 0.15) is 0 Å². The molecule has 2 heteroatoms. The molecule has 1 heterocycles. The van der Waals surface area contributed by atoms with Crippen LogP contribution in [0.15, 0.2) is 29.6 Å². The molecule has 1 atom stereocenters. The molecule has 0 saturated heterocycles. The first-order valence-corrected chi connectivity index (χ1v) is 8.03. The van der Waals surface area contributed by atoms with E-state index in [1.165, 1.54) is 22.1 Å². The largest absolute Gasteiger partial charge is 0.390 e. The summed E-state index contributed by atoms with van der Waals surface area (Å²) in [6.07, 6.45) is 5.05. The van der Waals surface area contributed by atoms with Gasteiger partial charge in [-0.15, -0.1) is 11.3 Å². The number of thiophene rings is 1. The fourth-order valence-corrected chi connectivity index (χ4v) is 4.60. The van der Waals surface area contributed by atoms with Crippen LogP contribution in [0.25, 0.3) is 10.1 Å². The Morgan fingerprint density at radius 2 is 2.00 bits per heavy atom. The summed E-state index contributed by atoms with van der Waals surface area (Å²) in [5, 5.41) is 14.5. The molecular weight excluding hydrogens is 252 g/mol. The second-order valence-electron chi connectivity index (χ2n) is 6.85. The second-order valence-corrected chi connectivity index (χ2v) is 7.76. The summed E-state index contributed by atoms with van der Waals surface area (Å²) in [6.45, 7) is 4.56. The van der Waals surface area contributed by atoms with Crippen molar-refractivity contribution in [2.45, 2.75) is 51.6 Å². The van der Waals surface area contributed by atoms with Crippen molar-refractivity contribution in [2.24, 2.45) is 5.41 Å². The summed E-state index contributed by atoms with van der Waals surface area (Å²) in [5.74, 6) is 0. The highest BCUT2D eigenvalue weighted by molar-refractivity contribution is 7.17. The summed E-state index contributed by atoms with van der Waals surface area (Å²) in [5.41, 5.74) is 1.09. The monoisotopic (exact) mass is 274 g/mol. The van der Waals surface area contributed by atoms with E-state index in [0.717, 1.165) is 25.7 Å². The molecule has 0 spiro atoms. The molecule has 3 rings (SSSR count). The van der Waals surface area contributed by atoms with Crippen LogP contribution in [0.2, 0.25) is 0 Å². The topological polar surface area (TPSA) is 20.2 Å². The third-order valence-electron chi connectivity index (χ3n) is 4.38. The number of benzene rings is 1. The van der Waals surface area contributed by atoms with Crippen LogP contribution < -0.4 is 0 Å². The average molecular weight is 274 g/mol. The molecule has 1 saturated carbocycles. The average Bonchev–Trinajstić information content (AvgIpc) is 2.70. The third-order valence-corrected chi connectivity index (χ3v) is 5.40. The molecule has 1 nitrogen and oxygen atoms in total. The smallest absolute Gasteiger partial charge is 0.0693 e. The van der Waals surface area contributed by atoms with Gasteiger partial charge in [0.2, 0.25) is 0 Å². The Morgan fingerprint density at radius 3 is 2.79 bits per heavy atom. The van der Waals surface area contributed by atoms with Gasteiger partial charge in [-0.3, -0.25) is 0 Å².